The maximum Gasteiger partial charge on any atom is 2.00 e. The van der Waals surface area contributed by atoms with Gasteiger partial charge in [-0.15, -0.1) is 73.4 Å². The number of halogens is 15. The van der Waals surface area contributed by atoms with Gasteiger partial charge in [0.1, 0.15) is 0 Å². The standard InChI is InChI=1S/C25H18F6S4.C15H8Br2F6S2.C5H5S.BrH.Mg/c1-11-5-7-17(32-11)19-9-15(13(3)34-19)21-22(24(28,29)25(30,31)23(21,26)27)16-10-20(35-14(16)4)18-8-6-12(2)33-18;1-5-7(3-9(16)24-5)11-12(8-4-10(17)25-6(8)2)14(20,21)15(22,23)13(11,18)19;1-5-3-2-4-6-5;;/h5-10H,1-4H3;3-4H,1-2H3;2-3H,1H3;1H;/q;;-1;;+2/p-1. The van der Waals surface area contributed by atoms with E-state index in [0.29, 0.717) is 17.3 Å². The van der Waals surface area contributed by atoms with Crippen molar-refractivity contribution in [2.75, 3.05) is 0 Å². The fraction of sp³-hybridized carbons (Fsp3) is 0.289. The van der Waals surface area contributed by atoms with Crippen molar-refractivity contribution in [2.24, 2.45) is 0 Å². The second-order valence-electron chi connectivity index (χ2n) is 15.1. The summed E-state index contributed by atoms with van der Waals surface area (Å²) in [6, 6.07) is 16.3. The summed E-state index contributed by atoms with van der Waals surface area (Å²) in [5.74, 6) is -31.2. The molecule has 7 heterocycles. The molecule has 2 aliphatic rings. The Morgan fingerprint density at radius 2 is 0.706 bits per heavy atom. The average molecular weight is 1290 g/mol. The van der Waals surface area contributed by atoms with Gasteiger partial charge >= 0.3 is 58.6 Å². The SMILES string of the molecule is Cc1cc[c-]s1.Cc1ccc(-c2cc(C3=C(c4cc(-c5ccc(C)s5)sc4C)C(F)(F)C(F)(F)C3(F)F)c(C)s2)s1.Cc1sc(Br)cc1C1=C(c2cc(Br)sc2C)C(F)(F)C(F)(F)C1(F)F.[Br-].[Mg+2]. The molecular formula is C45H31Br3F12MgS7. The molecule has 0 aliphatic heterocycles. The molecule has 0 atom stereocenters. The fourth-order valence-corrected chi connectivity index (χ4v) is 15.2. The molecule has 0 saturated carbocycles. The van der Waals surface area contributed by atoms with Gasteiger partial charge in [0, 0.05) is 71.1 Å². The van der Waals surface area contributed by atoms with Gasteiger partial charge in [0.25, 0.3) is 0 Å². The van der Waals surface area contributed by atoms with Gasteiger partial charge < -0.3 is 28.3 Å². The fourth-order valence-electron chi connectivity index (χ4n) is 7.40. The van der Waals surface area contributed by atoms with Crippen molar-refractivity contribution in [2.45, 2.75) is 84.0 Å². The van der Waals surface area contributed by atoms with Gasteiger partial charge in [0.15, 0.2) is 0 Å². The van der Waals surface area contributed by atoms with Gasteiger partial charge in [-0.3, -0.25) is 0 Å². The van der Waals surface area contributed by atoms with Crippen LogP contribution in [0.3, 0.4) is 0 Å². The Morgan fingerprint density at radius 3 is 0.926 bits per heavy atom. The van der Waals surface area contributed by atoms with Crippen LogP contribution in [0.5, 0.6) is 0 Å². The maximum absolute atomic E-state index is 15.3. The summed E-state index contributed by atoms with van der Waals surface area (Å²) in [6.07, 6.45) is 0. The van der Waals surface area contributed by atoms with Crippen molar-refractivity contribution in [3.05, 3.63) is 130 Å². The normalized spacial score (nSPS) is 18.1. The molecule has 23 heteroatoms. The average Bonchev–Trinajstić information content (AvgIpc) is 4.09. The molecule has 7 aromatic rings. The zero-order valence-corrected chi connectivity index (χ0v) is 47.9. The minimum atomic E-state index is -5.56. The van der Waals surface area contributed by atoms with Gasteiger partial charge in [-0.05, 0) is 144 Å². The molecule has 0 bridgehead atoms. The molecule has 7 aromatic heterocycles. The van der Waals surface area contributed by atoms with Gasteiger partial charge in [0.2, 0.25) is 0 Å². The molecule has 0 nitrogen and oxygen atoms in total. The summed E-state index contributed by atoms with van der Waals surface area (Å²) >= 11 is 15.0. The first-order chi connectivity index (χ1) is 30.5. The topological polar surface area (TPSA) is 0 Å². The molecule has 0 aromatic carbocycles. The van der Waals surface area contributed by atoms with Crippen LogP contribution in [0.1, 0.15) is 56.4 Å². The maximum atomic E-state index is 15.3. The van der Waals surface area contributed by atoms with E-state index in [2.05, 4.69) is 44.2 Å². The number of rotatable bonds is 6. The van der Waals surface area contributed by atoms with E-state index in [-0.39, 0.29) is 81.8 Å². The van der Waals surface area contributed by atoms with Crippen molar-refractivity contribution in [3.63, 3.8) is 0 Å². The number of aryl methyl sites for hydroxylation is 7. The predicted molar refractivity (Wildman–Crippen MR) is 265 cm³/mol. The number of hydrogen-bond donors (Lipinski definition) is 0. The van der Waals surface area contributed by atoms with Crippen LogP contribution < -0.4 is 17.0 Å². The van der Waals surface area contributed by atoms with Crippen LogP contribution in [0.2, 0.25) is 0 Å². The van der Waals surface area contributed by atoms with Crippen molar-refractivity contribution < 1.29 is 69.7 Å². The molecule has 360 valence electrons. The molecule has 2 aliphatic carbocycles. The zero-order valence-electron chi connectivity index (χ0n) is 36.0. The van der Waals surface area contributed by atoms with Gasteiger partial charge in [-0.25, -0.2) is 6.07 Å². The Kier molecular flexibility index (Phi) is 17.4. The van der Waals surface area contributed by atoms with Gasteiger partial charge in [-0.1, -0.05) is 6.92 Å². The van der Waals surface area contributed by atoms with Crippen molar-refractivity contribution >= 4 is 157 Å². The quantitative estimate of drug-likeness (QED) is 0.0884. The van der Waals surface area contributed by atoms with Gasteiger partial charge in [0.05, 0.1) is 7.57 Å². The molecular weight excluding hydrogens is 1260 g/mol. The van der Waals surface area contributed by atoms with E-state index in [1.54, 1.807) is 23.5 Å². The third-order valence-corrected chi connectivity index (χ3v) is 18.9. The molecule has 0 spiro atoms. The van der Waals surface area contributed by atoms with E-state index in [0.717, 1.165) is 64.9 Å². The molecule has 0 N–H and O–H groups in total. The van der Waals surface area contributed by atoms with Crippen LogP contribution in [0, 0.1) is 53.8 Å². The van der Waals surface area contributed by atoms with Gasteiger partial charge in [-0.2, -0.15) is 63.6 Å². The first-order valence-corrected chi connectivity index (χ1v) is 26.3. The molecule has 0 radical (unpaired) electrons. The van der Waals surface area contributed by atoms with Crippen LogP contribution in [0.25, 0.3) is 41.8 Å². The summed E-state index contributed by atoms with van der Waals surface area (Å²) in [4.78, 5) is 7.07. The van der Waals surface area contributed by atoms with E-state index in [1.165, 1.54) is 79.5 Å². The molecule has 68 heavy (non-hydrogen) atoms. The van der Waals surface area contributed by atoms with Crippen molar-refractivity contribution in [1.29, 1.82) is 0 Å². The molecule has 0 unspecified atom stereocenters. The Balaban J connectivity index is 0.000000229. The monoisotopic (exact) mass is 1280 g/mol. The van der Waals surface area contributed by atoms with E-state index in [4.69, 9.17) is 0 Å². The van der Waals surface area contributed by atoms with Crippen LogP contribution in [-0.2, 0) is 0 Å². The van der Waals surface area contributed by atoms with E-state index >= 15 is 17.6 Å². The van der Waals surface area contributed by atoms with Crippen LogP contribution in [-0.4, -0.2) is 58.6 Å². The number of alkyl halides is 12. The third kappa shape index (κ3) is 9.81. The Hall–Kier alpha value is -1.25. The van der Waals surface area contributed by atoms with Crippen LogP contribution >= 0.6 is 111 Å². The van der Waals surface area contributed by atoms with Crippen LogP contribution in [0.4, 0.5) is 52.7 Å². The first-order valence-electron chi connectivity index (χ1n) is 19.0. The van der Waals surface area contributed by atoms with E-state index in [9.17, 15) is 35.1 Å². The Bertz CT molecular complexity index is 2840. The van der Waals surface area contributed by atoms with Crippen molar-refractivity contribution in [1.82, 2.24) is 0 Å². The smallest absolute Gasteiger partial charge is 1.00 e. The summed E-state index contributed by atoms with van der Waals surface area (Å²) in [7, 11) is 0. The largest absolute Gasteiger partial charge is 2.00 e. The minimum Gasteiger partial charge on any atom is -1.00 e. The Labute approximate surface area is 455 Å². The van der Waals surface area contributed by atoms with E-state index in [1.807, 2.05) is 38.1 Å². The molecule has 0 amide bonds. The number of thiophene rings is 7. The minimum absolute atomic E-state index is 0. The zero-order chi connectivity index (χ0) is 48.9. The summed E-state index contributed by atoms with van der Waals surface area (Å²) in [5.41, 5.74) is -6.29. The predicted octanol–water partition coefficient (Wildman–Crippen LogP) is 16.6. The third-order valence-electron chi connectivity index (χ3n) is 10.6. The Morgan fingerprint density at radius 1 is 0.397 bits per heavy atom. The summed E-state index contributed by atoms with van der Waals surface area (Å²) in [5, 5.41) is 2.97. The number of hydrogen-bond acceptors (Lipinski definition) is 7. The van der Waals surface area contributed by atoms with Crippen molar-refractivity contribution in [3.8, 4) is 19.5 Å². The van der Waals surface area contributed by atoms with Crippen LogP contribution in [0.15, 0.2) is 68.2 Å². The van der Waals surface area contributed by atoms with E-state index < -0.39 is 57.8 Å². The second kappa shape index (κ2) is 20.6. The second-order valence-corrected chi connectivity index (χ2v) is 26.6. The first kappa shape index (κ1) is 57.6. The molecule has 0 fully saturated rings. The number of allylic oxidation sites excluding steroid dienone is 4. The molecule has 9 rings (SSSR count). The summed E-state index contributed by atoms with van der Waals surface area (Å²) in [6.45, 7) is 11.7. The molecule has 0 saturated heterocycles. The summed E-state index contributed by atoms with van der Waals surface area (Å²) < 4.78 is 178.